The van der Waals surface area contributed by atoms with Crippen LogP contribution in [0.3, 0.4) is 0 Å². The molecule has 3 aromatic carbocycles. The van der Waals surface area contributed by atoms with E-state index in [0.717, 1.165) is 9.17 Å². The Morgan fingerprint density at radius 2 is 1.88 bits per heavy atom. The molecule has 1 atom stereocenters. The van der Waals surface area contributed by atoms with Crippen molar-refractivity contribution in [1.82, 2.24) is 4.98 Å². The van der Waals surface area contributed by atoms with Crippen LogP contribution < -0.4 is 9.64 Å². The fourth-order valence-corrected chi connectivity index (χ4v) is 5.47. The third kappa shape index (κ3) is 3.87. The Bertz CT molecular complexity index is 1480. The number of carbonyl (C=O) groups is 2. The minimum atomic E-state index is -0.865. The summed E-state index contributed by atoms with van der Waals surface area (Å²) < 4.78 is 6.88. The van der Waals surface area contributed by atoms with E-state index in [1.165, 1.54) is 16.2 Å². The highest BCUT2D eigenvalue weighted by molar-refractivity contribution is 9.10. The SMILES string of the molecule is COc1ccc2nc(N3C(=O)C(=O)/C(=C(/O)c4ccc(Cl)cc4)[C@H]3c3cccc(Br)c3)sc2c1. The van der Waals surface area contributed by atoms with Crippen LogP contribution in [0.1, 0.15) is 17.2 Å². The van der Waals surface area contributed by atoms with Gasteiger partial charge in [-0.1, -0.05) is 51.0 Å². The van der Waals surface area contributed by atoms with Crippen molar-refractivity contribution in [3.63, 3.8) is 0 Å². The summed E-state index contributed by atoms with van der Waals surface area (Å²) in [5.74, 6) is -1.15. The molecule has 1 fully saturated rings. The van der Waals surface area contributed by atoms with Crippen LogP contribution >= 0.6 is 38.9 Å². The molecule has 1 aliphatic rings. The summed E-state index contributed by atoms with van der Waals surface area (Å²) >= 11 is 10.7. The molecule has 1 aliphatic heterocycles. The van der Waals surface area contributed by atoms with Gasteiger partial charge in [-0.3, -0.25) is 14.5 Å². The van der Waals surface area contributed by atoms with Crippen LogP contribution in [0.2, 0.25) is 5.02 Å². The van der Waals surface area contributed by atoms with E-state index in [2.05, 4.69) is 20.9 Å². The molecule has 0 saturated carbocycles. The maximum Gasteiger partial charge on any atom is 0.301 e. The molecule has 1 N–H and O–H groups in total. The molecule has 4 aromatic rings. The number of fused-ring (bicyclic) bond motifs is 1. The van der Waals surface area contributed by atoms with Gasteiger partial charge in [0.05, 0.1) is 28.9 Å². The quantitative estimate of drug-likeness (QED) is 0.180. The summed E-state index contributed by atoms with van der Waals surface area (Å²) in [6.07, 6.45) is 0. The number of anilines is 1. The number of aliphatic hydroxyl groups excluding tert-OH is 1. The number of thiazole rings is 1. The summed E-state index contributed by atoms with van der Waals surface area (Å²) in [4.78, 5) is 32.5. The zero-order valence-corrected chi connectivity index (χ0v) is 20.8. The van der Waals surface area contributed by atoms with Gasteiger partial charge in [0.1, 0.15) is 11.5 Å². The predicted molar refractivity (Wildman–Crippen MR) is 137 cm³/mol. The number of methoxy groups -OCH3 is 1. The highest BCUT2D eigenvalue weighted by Crippen LogP contribution is 2.45. The molecular weight excluding hydrogens is 540 g/mol. The number of aromatic nitrogens is 1. The van der Waals surface area contributed by atoms with Crippen molar-refractivity contribution in [2.24, 2.45) is 0 Å². The van der Waals surface area contributed by atoms with Crippen molar-refractivity contribution in [3.05, 3.63) is 92.9 Å². The summed E-state index contributed by atoms with van der Waals surface area (Å²) in [6, 6.07) is 18.3. The van der Waals surface area contributed by atoms with Gasteiger partial charge in [0, 0.05) is 15.1 Å². The maximum atomic E-state index is 13.3. The lowest BCUT2D eigenvalue weighted by molar-refractivity contribution is -0.132. The van der Waals surface area contributed by atoms with E-state index in [9.17, 15) is 14.7 Å². The monoisotopic (exact) mass is 554 g/mol. The molecule has 0 radical (unpaired) electrons. The van der Waals surface area contributed by atoms with E-state index >= 15 is 0 Å². The maximum absolute atomic E-state index is 13.3. The van der Waals surface area contributed by atoms with Crippen molar-refractivity contribution in [2.45, 2.75) is 6.04 Å². The molecule has 0 spiro atoms. The van der Waals surface area contributed by atoms with Gasteiger partial charge >= 0.3 is 5.91 Å². The van der Waals surface area contributed by atoms with Crippen LogP contribution in [0, 0.1) is 0 Å². The van der Waals surface area contributed by atoms with Crippen molar-refractivity contribution in [3.8, 4) is 5.75 Å². The number of rotatable bonds is 4. The molecule has 5 rings (SSSR count). The zero-order valence-electron chi connectivity index (χ0n) is 17.7. The Hall–Kier alpha value is -3.20. The topological polar surface area (TPSA) is 79.7 Å². The molecule has 170 valence electrons. The smallest absolute Gasteiger partial charge is 0.301 e. The van der Waals surface area contributed by atoms with Gasteiger partial charge < -0.3 is 9.84 Å². The fraction of sp³-hybridized carbons (Fsp3) is 0.0800. The summed E-state index contributed by atoms with van der Waals surface area (Å²) in [5, 5.41) is 12.0. The molecule has 1 aromatic heterocycles. The highest BCUT2D eigenvalue weighted by atomic mass is 79.9. The molecule has 2 heterocycles. The van der Waals surface area contributed by atoms with Crippen molar-refractivity contribution in [1.29, 1.82) is 0 Å². The van der Waals surface area contributed by atoms with Gasteiger partial charge in [-0.05, 0) is 60.2 Å². The number of hydrogen-bond donors (Lipinski definition) is 1. The molecule has 1 saturated heterocycles. The lowest BCUT2D eigenvalue weighted by Gasteiger charge is -2.23. The number of amides is 1. The highest BCUT2D eigenvalue weighted by Gasteiger charge is 2.48. The van der Waals surface area contributed by atoms with Crippen LogP contribution in [0.15, 0.2) is 76.8 Å². The lowest BCUT2D eigenvalue weighted by Crippen LogP contribution is -2.29. The minimum Gasteiger partial charge on any atom is -0.507 e. The number of ether oxygens (including phenoxy) is 1. The van der Waals surface area contributed by atoms with Gasteiger partial charge in [0.2, 0.25) is 0 Å². The van der Waals surface area contributed by atoms with E-state index in [1.54, 1.807) is 49.6 Å². The summed E-state index contributed by atoms with van der Waals surface area (Å²) in [6.45, 7) is 0. The lowest BCUT2D eigenvalue weighted by atomic mass is 9.95. The standard InChI is InChI=1S/C25H16BrClN2O4S/c1-33-17-9-10-18-19(12-17)34-25(28-18)29-21(14-3-2-4-15(26)11-14)20(23(31)24(29)32)22(30)13-5-7-16(27)8-6-13/h2-12,21,30H,1H3/b22-20+/t21-/m1/s1. The van der Waals surface area contributed by atoms with E-state index in [1.807, 2.05) is 24.3 Å². The van der Waals surface area contributed by atoms with Crippen molar-refractivity contribution in [2.75, 3.05) is 12.0 Å². The van der Waals surface area contributed by atoms with E-state index in [0.29, 0.717) is 32.5 Å². The van der Waals surface area contributed by atoms with Crippen LogP contribution in [-0.4, -0.2) is 28.9 Å². The van der Waals surface area contributed by atoms with Crippen LogP contribution in [0.5, 0.6) is 5.75 Å². The van der Waals surface area contributed by atoms with E-state index in [-0.39, 0.29) is 11.3 Å². The number of benzene rings is 3. The molecule has 34 heavy (non-hydrogen) atoms. The molecule has 0 unspecified atom stereocenters. The number of carbonyl (C=O) groups excluding carboxylic acids is 2. The van der Waals surface area contributed by atoms with E-state index in [4.69, 9.17) is 16.3 Å². The number of ketones is 1. The molecule has 1 amide bonds. The van der Waals surface area contributed by atoms with E-state index < -0.39 is 17.7 Å². The van der Waals surface area contributed by atoms with Gasteiger partial charge in [-0.15, -0.1) is 0 Å². The average molecular weight is 556 g/mol. The first-order chi connectivity index (χ1) is 16.4. The number of Topliss-reactive ketones (excluding diaryl/α,β-unsaturated/α-hetero) is 1. The Labute approximate surface area is 212 Å². The van der Waals surface area contributed by atoms with Crippen LogP contribution in [-0.2, 0) is 9.59 Å². The first-order valence-electron chi connectivity index (χ1n) is 10.1. The van der Waals surface area contributed by atoms with Crippen molar-refractivity contribution >= 4 is 71.7 Å². The second kappa shape index (κ2) is 8.87. The van der Waals surface area contributed by atoms with Gasteiger partial charge in [0.15, 0.2) is 5.13 Å². The number of hydrogen-bond acceptors (Lipinski definition) is 6. The summed E-state index contributed by atoms with van der Waals surface area (Å²) in [7, 11) is 1.58. The Kier molecular flexibility index (Phi) is 5.89. The Morgan fingerprint density at radius 1 is 1.12 bits per heavy atom. The molecule has 6 nitrogen and oxygen atoms in total. The third-order valence-electron chi connectivity index (χ3n) is 5.52. The van der Waals surface area contributed by atoms with Gasteiger partial charge in [0.25, 0.3) is 5.78 Å². The Balaban J connectivity index is 1.72. The average Bonchev–Trinajstić information content (AvgIpc) is 3.36. The normalized spacial score (nSPS) is 17.5. The van der Waals surface area contributed by atoms with Gasteiger partial charge in [-0.2, -0.15) is 0 Å². The molecule has 9 heteroatoms. The van der Waals surface area contributed by atoms with Crippen LogP contribution in [0.25, 0.3) is 16.0 Å². The first kappa shape index (κ1) is 22.6. The largest absolute Gasteiger partial charge is 0.507 e. The molecule has 0 bridgehead atoms. The second-order valence-corrected chi connectivity index (χ2v) is 9.92. The summed E-state index contributed by atoms with van der Waals surface area (Å²) in [5.41, 5.74) is 1.70. The fourth-order valence-electron chi connectivity index (χ4n) is 3.91. The van der Waals surface area contributed by atoms with Crippen LogP contribution in [0.4, 0.5) is 5.13 Å². The predicted octanol–water partition coefficient (Wildman–Crippen LogP) is 6.35. The first-order valence-corrected chi connectivity index (χ1v) is 12.1. The minimum absolute atomic E-state index is 0.0118. The third-order valence-corrected chi connectivity index (χ3v) is 7.28. The number of nitrogens with zero attached hydrogens (tertiary/aromatic N) is 2. The zero-order chi connectivity index (χ0) is 24.0. The molecular formula is C25H16BrClN2O4S. The van der Waals surface area contributed by atoms with Gasteiger partial charge in [-0.25, -0.2) is 4.98 Å². The second-order valence-electron chi connectivity index (χ2n) is 7.56. The van der Waals surface area contributed by atoms with Crippen molar-refractivity contribution < 1.29 is 19.4 Å². The Morgan fingerprint density at radius 3 is 2.59 bits per heavy atom. The molecule has 0 aliphatic carbocycles. The number of halogens is 2. The number of aliphatic hydroxyl groups is 1.